The van der Waals surface area contributed by atoms with E-state index in [1.165, 1.54) is 0 Å². The Kier molecular flexibility index (Phi) is 9.72. The number of ketones is 1. The average molecular weight is 503 g/mol. The van der Waals surface area contributed by atoms with Crippen molar-refractivity contribution >= 4 is 23.7 Å². The molecule has 0 aliphatic heterocycles. The number of benzene rings is 3. The molecule has 7 nitrogen and oxygen atoms in total. The van der Waals surface area contributed by atoms with Crippen LogP contribution < -0.4 is 0 Å². The summed E-state index contributed by atoms with van der Waals surface area (Å²) in [7, 11) is 0. The van der Waals surface area contributed by atoms with Gasteiger partial charge in [-0.05, 0) is 37.5 Å². The minimum Gasteiger partial charge on any atom is -0.458 e. The second-order valence-electron chi connectivity index (χ2n) is 8.68. The summed E-state index contributed by atoms with van der Waals surface area (Å²) in [5.41, 5.74) is 2.04. The molecule has 0 saturated carbocycles. The van der Waals surface area contributed by atoms with Gasteiger partial charge in [0.25, 0.3) is 0 Å². The van der Waals surface area contributed by atoms with Crippen LogP contribution in [0.15, 0.2) is 91.0 Å². The summed E-state index contributed by atoms with van der Waals surface area (Å²) in [6.07, 6.45) is -3.44. The summed E-state index contributed by atoms with van der Waals surface area (Å²) >= 11 is 0. The average Bonchev–Trinajstić information content (AvgIpc) is 2.93. The molecule has 0 N–H and O–H groups in total. The van der Waals surface area contributed by atoms with Crippen molar-refractivity contribution in [2.45, 2.75) is 51.4 Å². The Labute approximate surface area is 216 Å². The number of esters is 3. The Morgan fingerprint density at radius 1 is 0.595 bits per heavy atom. The van der Waals surface area contributed by atoms with Crippen LogP contribution in [-0.4, -0.2) is 35.9 Å². The van der Waals surface area contributed by atoms with Crippen molar-refractivity contribution in [2.75, 3.05) is 0 Å². The van der Waals surface area contributed by atoms with E-state index >= 15 is 0 Å². The van der Waals surface area contributed by atoms with Crippen LogP contribution in [0.25, 0.3) is 0 Å². The maximum Gasteiger partial charge on any atom is 0.352 e. The smallest absolute Gasteiger partial charge is 0.352 e. The zero-order valence-corrected chi connectivity index (χ0v) is 21.0. The Morgan fingerprint density at radius 2 is 1.00 bits per heavy atom. The molecule has 0 spiro atoms. The molecule has 3 rings (SSSR count). The van der Waals surface area contributed by atoms with Gasteiger partial charge >= 0.3 is 17.9 Å². The molecule has 3 aromatic carbocycles. The van der Waals surface area contributed by atoms with Gasteiger partial charge in [-0.25, -0.2) is 4.79 Å². The molecule has 4 atom stereocenters. The second kappa shape index (κ2) is 13.2. The predicted octanol–water partition coefficient (Wildman–Crippen LogP) is 4.75. The topological polar surface area (TPSA) is 96.0 Å². The van der Waals surface area contributed by atoms with Gasteiger partial charge in [-0.1, -0.05) is 91.0 Å². The van der Waals surface area contributed by atoms with Gasteiger partial charge in [0.05, 0.1) is 11.8 Å². The van der Waals surface area contributed by atoms with Gasteiger partial charge in [0.2, 0.25) is 12.2 Å². The van der Waals surface area contributed by atoms with Crippen LogP contribution in [0, 0.1) is 0 Å². The van der Waals surface area contributed by atoms with Crippen LogP contribution >= 0.6 is 0 Å². The SMILES string of the molecule is CC(=O)C(OC(=O)C(C)c1ccccc1)C(OC(=O)C(C)c1ccccc1)C(=O)OCc1ccccc1. The van der Waals surface area contributed by atoms with E-state index in [0.717, 1.165) is 6.92 Å². The van der Waals surface area contributed by atoms with E-state index in [2.05, 4.69) is 0 Å². The summed E-state index contributed by atoms with van der Waals surface area (Å²) < 4.78 is 16.4. The molecule has 7 heteroatoms. The molecule has 0 aromatic heterocycles. The van der Waals surface area contributed by atoms with Crippen molar-refractivity contribution in [1.29, 1.82) is 0 Å². The highest BCUT2D eigenvalue weighted by Gasteiger charge is 2.41. The van der Waals surface area contributed by atoms with Gasteiger partial charge in [-0.3, -0.25) is 14.4 Å². The molecule has 37 heavy (non-hydrogen) atoms. The predicted molar refractivity (Wildman–Crippen MR) is 136 cm³/mol. The molecule has 0 radical (unpaired) electrons. The highest BCUT2D eigenvalue weighted by molar-refractivity contribution is 5.93. The fraction of sp³-hybridized carbons (Fsp3) is 0.267. The van der Waals surface area contributed by atoms with Crippen molar-refractivity contribution in [3.05, 3.63) is 108 Å². The van der Waals surface area contributed by atoms with Gasteiger partial charge < -0.3 is 14.2 Å². The van der Waals surface area contributed by atoms with E-state index in [1.807, 2.05) is 18.2 Å². The van der Waals surface area contributed by atoms with Crippen molar-refractivity contribution in [3.8, 4) is 0 Å². The highest BCUT2D eigenvalue weighted by atomic mass is 16.6. The largest absolute Gasteiger partial charge is 0.458 e. The summed E-state index contributed by atoms with van der Waals surface area (Å²) in [4.78, 5) is 51.7. The van der Waals surface area contributed by atoms with Crippen molar-refractivity contribution in [2.24, 2.45) is 0 Å². The number of Topliss-reactive ketones (excluding diaryl/α,β-unsaturated/α-hetero) is 1. The second-order valence-corrected chi connectivity index (χ2v) is 8.68. The van der Waals surface area contributed by atoms with Gasteiger partial charge in [-0.15, -0.1) is 0 Å². The summed E-state index contributed by atoms with van der Waals surface area (Å²) in [6, 6.07) is 26.6. The normalized spacial score (nSPS) is 13.9. The maximum absolute atomic E-state index is 13.1. The van der Waals surface area contributed by atoms with Crippen LogP contribution in [-0.2, 0) is 40.0 Å². The maximum atomic E-state index is 13.1. The number of carbonyl (C=O) groups excluding carboxylic acids is 4. The third-order valence-electron chi connectivity index (χ3n) is 5.92. The van der Waals surface area contributed by atoms with E-state index in [4.69, 9.17) is 14.2 Å². The molecule has 0 bridgehead atoms. The quantitative estimate of drug-likeness (QED) is 0.276. The lowest BCUT2D eigenvalue weighted by atomic mass is 10.0. The molecular weight excluding hydrogens is 472 g/mol. The number of hydrogen-bond acceptors (Lipinski definition) is 7. The van der Waals surface area contributed by atoms with Crippen LogP contribution in [0.4, 0.5) is 0 Å². The summed E-state index contributed by atoms with van der Waals surface area (Å²) in [5, 5.41) is 0. The minimum absolute atomic E-state index is 0.110. The van der Waals surface area contributed by atoms with Gasteiger partial charge in [0.15, 0.2) is 5.78 Å². The van der Waals surface area contributed by atoms with Crippen molar-refractivity contribution < 1.29 is 33.4 Å². The van der Waals surface area contributed by atoms with Crippen LogP contribution in [0.3, 0.4) is 0 Å². The molecule has 0 fully saturated rings. The number of hydrogen-bond donors (Lipinski definition) is 0. The molecule has 4 unspecified atom stereocenters. The molecule has 0 saturated heterocycles. The Morgan fingerprint density at radius 3 is 1.43 bits per heavy atom. The number of rotatable bonds is 11. The monoisotopic (exact) mass is 502 g/mol. The molecule has 0 amide bonds. The van der Waals surface area contributed by atoms with Crippen LogP contribution in [0.1, 0.15) is 49.3 Å². The summed E-state index contributed by atoms with van der Waals surface area (Å²) in [5.74, 6) is -4.60. The fourth-order valence-corrected chi connectivity index (χ4v) is 3.61. The first-order chi connectivity index (χ1) is 17.8. The van der Waals surface area contributed by atoms with Crippen LogP contribution in [0.5, 0.6) is 0 Å². The standard InChI is InChI=1S/C30H30O7/c1-20(24-15-9-5-10-16-24)28(32)36-26(22(3)31)27(30(34)35-19-23-13-7-4-8-14-23)37-29(33)21(2)25-17-11-6-12-18-25/h4-18,20-21,26-27H,19H2,1-3H3. The first-order valence-corrected chi connectivity index (χ1v) is 12.0. The van der Waals surface area contributed by atoms with E-state index < -0.39 is 47.7 Å². The van der Waals surface area contributed by atoms with E-state index in [9.17, 15) is 19.2 Å². The Bertz CT molecular complexity index is 1190. The lowest BCUT2D eigenvalue weighted by Gasteiger charge is -2.26. The zero-order valence-electron chi connectivity index (χ0n) is 21.0. The van der Waals surface area contributed by atoms with Gasteiger partial charge in [-0.2, -0.15) is 0 Å². The third kappa shape index (κ3) is 7.61. The molecule has 0 heterocycles. The molecule has 192 valence electrons. The lowest BCUT2D eigenvalue weighted by molar-refractivity contribution is -0.185. The zero-order chi connectivity index (χ0) is 26.8. The summed E-state index contributed by atoms with van der Waals surface area (Å²) in [6.45, 7) is 4.30. The number of carbonyl (C=O) groups is 4. The van der Waals surface area contributed by atoms with Crippen LogP contribution in [0.2, 0.25) is 0 Å². The fourth-order valence-electron chi connectivity index (χ4n) is 3.61. The minimum atomic E-state index is -1.77. The molecule has 3 aromatic rings. The third-order valence-corrected chi connectivity index (χ3v) is 5.92. The Hall–Kier alpha value is -4.26. The lowest BCUT2D eigenvalue weighted by Crippen LogP contribution is -2.46. The number of ether oxygens (including phenoxy) is 3. The molecular formula is C30H30O7. The first-order valence-electron chi connectivity index (χ1n) is 12.0. The first kappa shape index (κ1) is 27.3. The van der Waals surface area contributed by atoms with E-state index in [1.54, 1.807) is 86.6 Å². The Balaban J connectivity index is 1.83. The highest BCUT2D eigenvalue weighted by Crippen LogP contribution is 2.22. The van der Waals surface area contributed by atoms with Gasteiger partial charge in [0.1, 0.15) is 6.61 Å². The van der Waals surface area contributed by atoms with Crippen molar-refractivity contribution in [3.63, 3.8) is 0 Å². The van der Waals surface area contributed by atoms with E-state index in [0.29, 0.717) is 16.7 Å². The molecule has 0 aliphatic carbocycles. The van der Waals surface area contributed by atoms with Gasteiger partial charge in [0, 0.05) is 0 Å². The molecule has 0 aliphatic rings. The van der Waals surface area contributed by atoms with E-state index in [-0.39, 0.29) is 6.61 Å². The van der Waals surface area contributed by atoms with Crippen molar-refractivity contribution in [1.82, 2.24) is 0 Å².